The SMILES string of the molecule is Cc1cccc(CN2C(=O)CCC2(C)C(=O)NCCC(C)C)c1. The molecular weight excluding hydrogens is 288 g/mol. The Morgan fingerprint density at radius 3 is 2.78 bits per heavy atom. The lowest BCUT2D eigenvalue weighted by molar-refractivity contribution is -0.141. The molecule has 0 saturated carbocycles. The van der Waals surface area contributed by atoms with E-state index in [0.29, 0.717) is 31.8 Å². The van der Waals surface area contributed by atoms with Crippen molar-refractivity contribution in [2.45, 2.75) is 59.0 Å². The summed E-state index contributed by atoms with van der Waals surface area (Å²) in [5, 5.41) is 3.01. The van der Waals surface area contributed by atoms with Crippen molar-refractivity contribution in [2.24, 2.45) is 5.92 Å². The first-order valence-electron chi connectivity index (χ1n) is 8.47. The summed E-state index contributed by atoms with van der Waals surface area (Å²) >= 11 is 0. The molecule has 1 aromatic carbocycles. The standard InChI is InChI=1S/C19H28N2O2/c1-14(2)9-11-20-18(23)19(4)10-8-17(22)21(19)13-16-7-5-6-15(3)12-16/h5-7,12,14H,8-11,13H2,1-4H3,(H,20,23). The lowest BCUT2D eigenvalue weighted by Gasteiger charge is -2.34. The van der Waals surface area contributed by atoms with Gasteiger partial charge in [0.1, 0.15) is 5.54 Å². The van der Waals surface area contributed by atoms with Crippen LogP contribution in [0.25, 0.3) is 0 Å². The number of amides is 2. The maximum absolute atomic E-state index is 12.7. The van der Waals surface area contributed by atoms with Gasteiger partial charge in [0.15, 0.2) is 0 Å². The smallest absolute Gasteiger partial charge is 0.245 e. The minimum atomic E-state index is -0.738. The van der Waals surface area contributed by atoms with E-state index in [1.807, 2.05) is 32.0 Å². The van der Waals surface area contributed by atoms with Crippen LogP contribution in [0.4, 0.5) is 0 Å². The molecule has 1 aliphatic heterocycles. The number of likely N-dealkylation sites (tertiary alicyclic amines) is 1. The highest BCUT2D eigenvalue weighted by Crippen LogP contribution is 2.32. The van der Waals surface area contributed by atoms with Crippen LogP contribution in [0.15, 0.2) is 24.3 Å². The van der Waals surface area contributed by atoms with Crippen LogP contribution < -0.4 is 5.32 Å². The molecule has 1 N–H and O–H groups in total. The van der Waals surface area contributed by atoms with E-state index in [2.05, 4.69) is 25.2 Å². The Bertz CT molecular complexity index is 582. The van der Waals surface area contributed by atoms with Crippen molar-refractivity contribution < 1.29 is 9.59 Å². The molecule has 0 spiro atoms. The van der Waals surface area contributed by atoms with Crippen LogP contribution in [0.5, 0.6) is 0 Å². The Hall–Kier alpha value is -1.84. The number of rotatable bonds is 6. The van der Waals surface area contributed by atoms with Crippen LogP contribution in [-0.2, 0) is 16.1 Å². The molecule has 1 heterocycles. The average Bonchev–Trinajstić information content (AvgIpc) is 2.76. The molecule has 1 saturated heterocycles. The first kappa shape index (κ1) is 17.5. The molecule has 4 heteroatoms. The molecule has 23 heavy (non-hydrogen) atoms. The molecule has 0 radical (unpaired) electrons. The third kappa shape index (κ3) is 4.12. The van der Waals surface area contributed by atoms with E-state index in [0.717, 1.165) is 17.5 Å². The monoisotopic (exact) mass is 316 g/mol. The van der Waals surface area contributed by atoms with Gasteiger partial charge in [0, 0.05) is 19.5 Å². The summed E-state index contributed by atoms with van der Waals surface area (Å²) in [4.78, 5) is 26.7. The quantitative estimate of drug-likeness (QED) is 0.877. The zero-order valence-corrected chi connectivity index (χ0v) is 14.7. The van der Waals surface area contributed by atoms with Gasteiger partial charge >= 0.3 is 0 Å². The zero-order valence-electron chi connectivity index (χ0n) is 14.7. The van der Waals surface area contributed by atoms with Crippen molar-refractivity contribution in [3.05, 3.63) is 35.4 Å². The van der Waals surface area contributed by atoms with Crippen LogP contribution in [0.1, 0.15) is 51.2 Å². The molecule has 1 aliphatic rings. The Morgan fingerprint density at radius 1 is 1.39 bits per heavy atom. The molecule has 126 valence electrons. The minimum Gasteiger partial charge on any atom is -0.354 e. The van der Waals surface area contributed by atoms with E-state index in [1.165, 1.54) is 0 Å². The highest BCUT2D eigenvalue weighted by Gasteiger charge is 2.46. The van der Waals surface area contributed by atoms with Crippen LogP contribution in [0.3, 0.4) is 0 Å². The van der Waals surface area contributed by atoms with Gasteiger partial charge in [-0.15, -0.1) is 0 Å². The number of nitrogens with zero attached hydrogens (tertiary/aromatic N) is 1. The van der Waals surface area contributed by atoms with Crippen molar-refractivity contribution in [1.82, 2.24) is 10.2 Å². The highest BCUT2D eigenvalue weighted by atomic mass is 16.2. The number of hydrogen-bond donors (Lipinski definition) is 1. The number of nitrogens with one attached hydrogen (secondary N) is 1. The summed E-state index contributed by atoms with van der Waals surface area (Å²) < 4.78 is 0. The number of carbonyl (C=O) groups is 2. The topological polar surface area (TPSA) is 49.4 Å². The van der Waals surface area contributed by atoms with E-state index in [4.69, 9.17) is 0 Å². The molecule has 0 bridgehead atoms. The first-order chi connectivity index (χ1) is 10.8. The van der Waals surface area contributed by atoms with E-state index < -0.39 is 5.54 Å². The van der Waals surface area contributed by atoms with Gasteiger partial charge in [-0.25, -0.2) is 0 Å². The van der Waals surface area contributed by atoms with Crippen LogP contribution in [0, 0.1) is 12.8 Å². The Kier molecular flexibility index (Phi) is 5.45. The Morgan fingerprint density at radius 2 is 2.13 bits per heavy atom. The second-order valence-electron chi connectivity index (χ2n) is 7.18. The van der Waals surface area contributed by atoms with Crippen molar-refractivity contribution in [2.75, 3.05) is 6.54 Å². The summed E-state index contributed by atoms with van der Waals surface area (Å²) in [6.07, 6.45) is 1.98. The molecular formula is C19H28N2O2. The van der Waals surface area contributed by atoms with Crippen molar-refractivity contribution in [1.29, 1.82) is 0 Å². The van der Waals surface area contributed by atoms with Crippen LogP contribution >= 0.6 is 0 Å². The fourth-order valence-corrected chi connectivity index (χ4v) is 3.05. The maximum Gasteiger partial charge on any atom is 0.245 e. The van der Waals surface area contributed by atoms with Crippen molar-refractivity contribution in [3.63, 3.8) is 0 Å². The van der Waals surface area contributed by atoms with Gasteiger partial charge in [-0.05, 0) is 38.2 Å². The average molecular weight is 316 g/mol. The summed E-state index contributed by atoms with van der Waals surface area (Å²) in [6, 6.07) is 8.11. The summed E-state index contributed by atoms with van der Waals surface area (Å²) in [6.45, 7) is 9.35. The first-order valence-corrected chi connectivity index (χ1v) is 8.47. The third-order valence-corrected chi connectivity index (χ3v) is 4.64. The lowest BCUT2D eigenvalue weighted by atomic mass is 9.96. The molecule has 1 atom stereocenters. The Labute approximate surface area is 139 Å². The van der Waals surface area contributed by atoms with E-state index in [9.17, 15) is 9.59 Å². The molecule has 1 unspecified atom stereocenters. The highest BCUT2D eigenvalue weighted by molar-refractivity contribution is 5.94. The molecule has 0 aliphatic carbocycles. The molecule has 1 fully saturated rings. The number of benzene rings is 1. The predicted molar refractivity (Wildman–Crippen MR) is 91.8 cm³/mol. The van der Waals surface area contributed by atoms with Gasteiger partial charge in [-0.1, -0.05) is 43.7 Å². The van der Waals surface area contributed by atoms with Gasteiger partial charge in [-0.3, -0.25) is 9.59 Å². The fraction of sp³-hybridized carbons (Fsp3) is 0.579. The maximum atomic E-state index is 12.7. The van der Waals surface area contributed by atoms with Gasteiger partial charge in [0.2, 0.25) is 11.8 Å². The van der Waals surface area contributed by atoms with E-state index >= 15 is 0 Å². The van der Waals surface area contributed by atoms with Crippen molar-refractivity contribution in [3.8, 4) is 0 Å². The summed E-state index contributed by atoms with van der Waals surface area (Å²) in [7, 11) is 0. The molecule has 0 aromatic heterocycles. The second kappa shape index (κ2) is 7.16. The Balaban J connectivity index is 2.09. The zero-order chi connectivity index (χ0) is 17.0. The lowest BCUT2D eigenvalue weighted by Crippen LogP contribution is -2.54. The third-order valence-electron chi connectivity index (χ3n) is 4.64. The largest absolute Gasteiger partial charge is 0.354 e. The fourth-order valence-electron chi connectivity index (χ4n) is 3.05. The van der Waals surface area contributed by atoms with Gasteiger partial charge in [0.05, 0.1) is 0 Å². The van der Waals surface area contributed by atoms with Gasteiger partial charge in [0.25, 0.3) is 0 Å². The predicted octanol–water partition coefficient (Wildman–Crippen LogP) is 3.04. The normalized spacial score (nSPS) is 21.1. The van der Waals surface area contributed by atoms with E-state index in [1.54, 1.807) is 4.90 Å². The minimum absolute atomic E-state index is 0.0309. The van der Waals surface area contributed by atoms with E-state index in [-0.39, 0.29) is 11.8 Å². The molecule has 2 amide bonds. The van der Waals surface area contributed by atoms with Crippen LogP contribution in [-0.4, -0.2) is 28.8 Å². The van der Waals surface area contributed by atoms with Crippen LogP contribution in [0.2, 0.25) is 0 Å². The number of aryl methyl sites for hydroxylation is 1. The molecule has 2 rings (SSSR count). The summed E-state index contributed by atoms with van der Waals surface area (Å²) in [5.74, 6) is 0.585. The molecule has 4 nitrogen and oxygen atoms in total. The number of hydrogen-bond acceptors (Lipinski definition) is 2. The van der Waals surface area contributed by atoms with Gasteiger partial charge in [-0.2, -0.15) is 0 Å². The summed E-state index contributed by atoms with van der Waals surface area (Å²) in [5.41, 5.74) is 1.50. The molecule has 1 aromatic rings. The van der Waals surface area contributed by atoms with Crippen molar-refractivity contribution >= 4 is 11.8 Å². The number of carbonyl (C=O) groups excluding carboxylic acids is 2. The van der Waals surface area contributed by atoms with Gasteiger partial charge < -0.3 is 10.2 Å². The second-order valence-corrected chi connectivity index (χ2v) is 7.18.